The molecule has 1 unspecified atom stereocenters. The van der Waals surface area contributed by atoms with Crippen LogP contribution >= 0.6 is 23.1 Å². The number of nitrogens with zero attached hydrogens (tertiary/aromatic N) is 3. The number of likely N-dealkylation sites (tertiary alicyclic amines) is 1. The third-order valence-corrected chi connectivity index (χ3v) is 6.28. The van der Waals surface area contributed by atoms with E-state index >= 15 is 0 Å². The minimum Gasteiger partial charge on any atom is -0.497 e. The van der Waals surface area contributed by atoms with E-state index in [1.54, 1.807) is 7.11 Å². The van der Waals surface area contributed by atoms with Gasteiger partial charge in [0, 0.05) is 24.8 Å². The molecule has 1 N–H and O–H groups in total. The average molecular weight is 393 g/mol. The molecule has 1 aromatic heterocycles. The molecule has 1 aromatic carbocycles. The molecule has 3 rings (SSSR count). The lowest BCUT2D eigenvalue weighted by Gasteiger charge is -2.23. The van der Waals surface area contributed by atoms with Gasteiger partial charge in [-0.25, -0.2) is 0 Å². The van der Waals surface area contributed by atoms with Gasteiger partial charge in [-0.05, 0) is 31.9 Å². The predicted octanol–water partition coefficient (Wildman–Crippen LogP) is 4.17. The summed E-state index contributed by atoms with van der Waals surface area (Å²) in [4.78, 5) is 14.7. The molecule has 0 aliphatic carbocycles. The summed E-state index contributed by atoms with van der Waals surface area (Å²) in [6, 6.07) is 7.66. The van der Waals surface area contributed by atoms with Gasteiger partial charge in [-0.3, -0.25) is 4.79 Å². The van der Waals surface area contributed by atoms with E-state index in [0.29, 0.717) is 5.13 Å². The summed E-state index contributed by atoms with van der Waals surface area (Å²) in [5.41, 5.74) is 0.894. The Morgan fingerprint density at radius 3 is 2.77 bits per heavy atom. The number of rotatable bonds is 6. The molecule has 1 aliphatic heterocycles. The molecular formula is C18H24N4O2S2. The lowest BCUT2D eigenvalue weighted by atomic mass is 10.2. The second kappa shape index (κ2) is 9.23. The molecule has 2 heterocycles. The smallest absolute Gasteiger partial charge is 0.235 e. The van der Waals surface area contributed by atoms with E-state index in [0.717, 1.165) is 41.7 Å². The average Bonchev–Trinajstić information content (AvgIpc) is 2.92. The summed E-state index contributed by atoms with van der Waals surface area (Å²) >= 11 is 2.94. The molecule has 1 amide bonds. The largest absolute Gasteiger partial charge is 0.497 e. The third kappa shape index (κ3) is 5.11. The van der Waals surface area contributed by atoms with Gasteiger partial charge in [-0.15, -0.1) is 10.2 Å². The molecule has 6 nitrogen and oxygen atoms in total. The van der Waals surface area contributed by atoms with Crippen molar-refractivity contribution in [3.63, 3.8) is 0 Å². The predicted molar refractivity (Wildman–Crippen MR) is 107 cm³/mol. The Morgan fingerprint density at radius 2 is 2.04 bits per heavy atom. The van der Waals surface area contributed by atoms with E-state index in [2.05, 4.69) is 15.5 Å². The molecule has 0 radical (unpaired) electrons. The number of anilines is 2. The Hall–Kier alpha value is -1.80. The summed E-state index contributed by atoms with van der Waals surface area (Å²) in [6.07, 6.45) is 4.66. The highest BCUT2D eigenvalue weighted by Crippen LogP contribution is 2.32. The van der Waals surface area contributed by atoms with Crippen molar-refractivity contribution >= 4 is 39.8 Å². The molecular weight excluding hydrogens is 368 g/mol. The Labute approximate surface area is 162 Å². The standard InChI is InChI=1S/C18H24N4O2S2/c1-13(16(23)22-10-5-3-4-6-11-22)25-18-21-20-17(26-18)19-14-8-7-9-15(12-14)24-2/h7-9,12-13H,3-6,10-11H2,1-2H3,(H,19,20). The van der Waals surface area contributed by atoms with Crippen LogP contribution < -0.4 is 10.1 Å². The number of thioether (sulfide) groups is 1. The van der Waals surface area contributed by atoms with Crippen LogP contribution in [-0.4, -0.2) is 46.5 Å². The number of benzene rings is 1. The van der Waals surface area contributed by atoms with Crippen LogP contribution in [0.2, 0.25) is 0 Å². The van der Waals surface area contributed by atoms with Gasteiger partial charge in [0.15, 0.2) is 4.34 Å². The summed E-state index contributed by atoms with van der Waals surface area (Å²) in [7, 11) is 1.64. The van der Waals surface area contributed by atoms with E-state index in [4.69, 9.17) is 4.74 Å². The minimum absolute atomic E-state index is 0.147. The van der Waals surface area contributed by atoms with Gasteiger partial charge in [0.05, 0.1) is 12.4 Å². The lowest BCUT2D eigenvalue weighted by Crippen LogP contribution is -2.37. The number of amides is 1. The van der Waals surface area contributed by atoms with Gasteiger partial charge in [-0.2, -0.15) is 0 Å². The van der Waals surface area contributed by atoms with Gasteiger partial charge < -0.3 is 15.0 Å². The van der Waals surface area contributed by atoms with Crippen LogP contribution in [0.5, 0.6) is 5.75 Å². The van der Waals surface area contributed by atoms with Crippen LogP contribution in [0, 0.1) is 0 Å². The Kier molecular flexibility index (Phi) is 6.73. The number of carbonyl (C=O) groups is 1. The van der Waals surface area contributed by atoms with Crippen molar-refractivity contribution in [3.8, 4) is 5.75 Å². The van der Waals surface area contributed by atoms with Crippen molar-refractivity contribution in [1.29, 1.82) is 0 Å². The molecule has 0 bridgehead atoms. The zero-order chi connectivity index (χ0) is 18.4. The fourth-order valence-corrected chi connectivity index (χ4v) is 4.88. The summed E-state index contributed by atoms with van der Waals surface area (Å²) in [5.74, 6) is 0.986. The second-order valence-corrected chi connectivity index (χ2v) is 8.80. The SMILES string of the molecule is COc1cccc(Nc2nnc(SC(C)C(=O)N3CCCCCC3)s2)c1. The number of methoxy groups -OCH3 is 1. The van der Waals surface area contributed by atoms with E-state index in [-0.39, 0.29) is 11.2 Å². The van der Waals surface area contributed by atoms with Crippen molar-refractivity contribution in [2.24, 2.45) is 0 Å². The van der Waals surface area contributed by atoms with Crippen molar-refractivity contribution in [3.05, 3.63) is 24.3 Å². The van der Waals surface area contributed by atoms with Crippen LogP contribution in [0.25, 0.3) is 0 Å². The maximum atomic E-state index is 12.7. The highest BCUT2D eigenvalue weighted by atomic mass is 32.2. The van der Waals surface area contributed by atoms with Crippen LogP contribution in [0.4, 0.5) is 10.8 Å². The fraction of sp³-hybridized carbons (Fsp3) is 0.500. The summed E-state index contributed by atoms with van der Waals surface area (Å²) in [6.45, 7) is 3.71. The van der Waals surface area contributed by atoms with Crippen LogP contribution in [0.3, 0.4) is 0 Å². The first-order chi connectivity index (χ1) is 12.7. The lowest BCUT2D eigenvalue weighted by molar-refractivity contribution is -0.130. The number of ether oxygens (including phenoxy) is 1. The number of carbonyl (C=O) groups excluding carboxylic acids is 1. The highest BCUT2D eigenvalue weighted by Gasteiger charge is 2.23. The first-order valence-electron chi connectivity index (χ1n) is 8.86. The minimum atomic E-state index is -0.147. The van der Waals surface area contributed by atoms with E-state index in [9.17, 15) is 4.79 Å². The number of hydrogen-bond donors (Lipinski definition) is 1. The van der Waals surface area contributed by atoms with Gasteiger partial charge >= 0.3 is 0 Å². The first kappa shape index (κ1) is 19.0. The van der Waals surface area contributed by atoms with E-state index < -0.39 is 0 Å². The molecule has 1 atom stereocenters. The maximum absolute atomic E-state index is 12.7. The van der Waals surface area contributed by atoms with Gasteiger partial charge in [0.2, 0.25) is 11.0 Å². The topological polar surface area (TPSA) is 67.3 Å². The summed E-state index contributed by atoms with van der Waals surface area (Å²) < 4.78 is 6.02. The molecule has 8 heteroatoms. The highest BCUT2D eigenvalue weighted by molar-refractivity contribution is 8.02. The zero-order valence-corrected chi connectivity index (χ0v) is 16.7. The van der Waals surface area contributed by atoms with E-state index in [1.165, 1.54) is 35.9 Å². The number of nitrogens with one attached hydrogen (secondary N) is 1. The second-order valence-electron chi connectivity index (χ2n) is 6.23. The Balaban J connectivity index is 1.57. The van der Waals surface area contributed by atoms with Crippen molar-refractivity contribution < 1.29 is 9.53 Å². The Morgan fingerprint density at radius 1 is 1.27 bits per heavy atom. The summed E-state index contributed by atoms with van der Waals surface area (Å²) in [5, 5.41) is 12.2. The molecule has 2 aromatic rings. The quantitative estimate of drug-likeness (QED) is 0.744. The van der Waals surface area contributed by atoms with Gasteiger partial charge in [0.1, 0.15) is 5.75 Å². The molecule has 0 saturated carbocycles. The molecule has 1 aliphatic rings. The molecule has 26 heavy (non-hydrogen) atoms. The monoisotopic (exact) mass is 392 g/mol. The van der Waals surface area contributed by atoms with Crippen molar-refractivity contribution in [2.45, 2.75) is 42.2 Å². The molecule has 0 spiro atoms. The van der Waals surface area contributed by atoms with Gasteiger partial charge in [0.25, 0.3) is 0 Å². The zero-order valence-electron chi connectivity index (χ0n) is 15.1. The van der Waals surface area contributed by atoms with Gasteiger partial charge in [-0.1, -0.05) is 42.0 Å². The van der Waals surface area contributed by atoms with E-state index in [1.807, 2.05) is 36.1 Å². The van der Waals surface area contributed by atoms with Crippen molar-refractivity contribution in [2.75, 3.05) is 25.5 Å². The molecule has 1 saturated heterocycles. The van der Waals surface area contributed by atoms with Crippen molar-refractivity contribution in [1.82, 2.24) is 15.1 Å². The number of hydrogen-bond acceptors (Lipinski definition) is 7. The first-order valence-corrected chi connectivity index (χ1v) is 10.6. The third-order valence-electron chi connectivity index (χ3n) is 4.27. The number of aromatic nitrogens is 2. The normalized spacial score (nSPS) is 16.0. The van der Waals surface area contributed by atoms with Crippen LogP contribution in [-0.2, 0) is 4.79 Å². The maximum Gasteiger partial charge on any atom is 0.235 e. The van der Waals surface area contributed by atoms with Crippen LogP contribution in [0.1, 0.15) is 32.6 Å². The fourth-order valence-electron chi connectivity index (χ4n) is 2.88. The Bertz CT molecular complexity index is 729. The molecule has 1 fully saturated rings. The van der Waals surface area contributed by atoms with Crippen LogP contribution in [0.15, 0.2) is 28.6 Å². The molecule has 140 valence electrons.